The molecular weight excluding hydrogens is 229 g/mol. The van der Waals surface area contributed by atoms with Crippen molar-refractivity contribution < 1.29 is 9.13 Å². The Kier molecular flexibility index (Phi) is 2.63. The molecule has 0 bridgehead atoms. The molecule has 3 heteroatoms. The molecule has 1 saturated heterocycles. The summed E-state index contributed by atoms with van der Waals surface area (Å²) in [7, 11) is 0. The molecule has 0 aromatic heterocycles. The third-order valence-corrected chi connectivity index (χ3v) is 4.61. The van der Waals surface area contributed by atoms with Crippen molar-refractivity contribution in [2.45, 2.75) is 39.3 Å². The van der Waals surface area contributed by atoms with Crippen LogP contribution in [-0.2, 0) is 4.74 Å². The third-order valence-electron chi connectivity index (χ3n) is 4.61. The summed E-state index contributed by atoms with van der Waals surface area (Å²) in [5.74, 6) is 0.391. The summed E-state index contributed by atoms with van der Waals surface area (Å²) in [6.45, 7) is 7.33. The number of rotatable bonds is 2. The van der Waals surface area contributed by atoms with Crippen LogP contribution in [0.3, 0.4) is 0 Å². The van der Waals surface area contributed by atoms with Crippen LogP contribution >= 0.6 is 0 Å². The van der Waals surface area contributed by atoms with E-state index in [1.807, 2.05) is 13.0 Å². The first-order chi connectivity index (χ1) is 8.50. The number of aryl methyl sites for hydroxylation is 1. The van der Waals surface area contributed by atoms with Gasteiger partial charge in [-0.1, -0.05) is 19.9 Å². The van der Waals surface area contributed by atoms with E-state index in [1.165, 1.54) is 6.07 Å². The molecule has 1 aliphatic carbocycles. The number of hydrogen-bond acceptors (Lipinski definition) is 2. The Morgan fingerprint density at radius 3 is 2.94 bits per heavy atom. The molecule has 1 N–H and O–H groups in total. The van der Waals surface area contributed by atoms with Crippen molar-refractivity contribution in [2.24, 2.45) is 11.3 Å². The molecule has 0 radical (unpaired) electrons. The van der Waals surface area contributed by atoms with Crippen LogP contribution in [-0.4, -0.2) is 18.8 Å². The smallest absolute Gasteiger partial charge is 0.125 e. The highest BCUT2D eigenvalue weighted by Gasteiger charge is 2.59. The predicted molar refractivity (Wildman–Crippen MR) is 70.2 cm³/mol. The van der Waals surface area contributed by atoms with Crippen LogP contribution in [0.5, 0.6) is 0 Å². The lowest BCUT2D eigenvalue weighted by Crippen LogP contribution is -2.63. The molecule has 2 nitrogen and oxygen atoms in total. The second kappa shape index (κ2) is 3.95. The van der Waals surface area contributed by atoms with E-state index in [4.69, 9.17) is 4.74 Å². The highest BCUT2D eigenvalue weighted by atomic mass is 19.1. The minimum absolute atomic E-state index is 0.125. The second-order valence-electron chi connectivity index (χ2n) is 6.15. The van der Waals surface area contributed by atoms with Crippen molar-refractivity contribution in [1.82, 2.24) is 0 Å². The fourth-order valence-corrected chi connectivity index (χ4v) is 3.53. The zero-order valence-electron chi connectivity index (χ0n) is 11.2. The van der Waals surface area contributed by atoms with E-state index in [0.29, 0.717) is 18.1 Å². The highest BCUT2D eigenvalue weighted by Crippen LogP contribution is 2.53. The quantitative estimate of drug-likeness (QED) is 0.867. The SMILES string of the molecule is Cc1ccc(F)cc1NC1C2CCOC2C1(C)C. The van der Waals surface area contributed by atoms with Crippen LogP contribution < -0.4 is 5.32 Å². The Labute approximate surface area is 108 Å². The molecule has 1 saturated carbocycles. The minimum atomic E-state index is -0.181. The number of fused-ring (bicyclic) bond motifs is 1. The molecular formula is C15H20FNO. The fraction of sp³-hybridized carbons (Fsp3) is 0.600. The Balaban J connectivity index is 1.82. The Hall–Kier alpha value is -1.09. The van der Waals surface area contributed by atoms with E-state index >= 15 is 0 Å². The molecule has 1 aromatic rings. The monoisotopic (exact) mass is 249 g/mol. The van der Waals surface area contributed by atoms with Gasteiger partial charge in [0, 0.05) is 29.7 Å². The zero-order chi connectivity index (χ0) is 12.9. The first-order valence-electron chi connectivity index (χ1n) is 6.64. The topological polar surface area (TPSA) is 21.3 Å². The fourth-order valence-electron chi connectivity index (χ4n) is 3.53. The summed E-state index contributed by atoms with van der Waals surface area (Å²) in [5.41, 5.74) is 2.13. The van der Waals surface area contributed by atoms with Crippen LogP contribution in [0.15, 0.2) is 18.2 Å². The summed E-state index contributed by atoms with van der Waals surface area (Å²) in [6.07, 6.45) is 1.48. The molecule has 3 rings (SSSR count). The molecule has 1 aliphatic heterocycles. The average molecular weight is 249 g/mol. The standard InChI is InChI=1S/C15H20FNO/c1-9-4-5-10(16)8-12(9)17-13-11-6-7-18-14(11)15(13,2)3/h4-5,8,11,13-14,17H,6-7H2,1-3H3. The van der Waals surface area contributed by atoms with Gasteiger partial charge in [-0.2, -0.15) is 0 Å². The van der Waals surface area contributed by atoms with E-state index in [1.54, 1.807) is 6.07 Å². The zero-order valence-corrected chi connectivity index (χ0v) is 11.2. The summed E-state index contributed by atoms with van der Waals surface area (Å²) < 4.78 is 19.1. The molecule has 18 heavy (non-hydrogen) atoms. The van der Waals surface area contributed by atoms with Crippen molar-refractivity contribution in [3.8, 4) is 0 Å². The van der Waals surface area contributed by atoms with E-state index < -0.39 is 0 Å². The van der Waals surface area contributed by atoms with Gasteiger partial charge in [0.1, 0.15) is 5.82 Å². The first-order valence-corrected chi connectivity index (χ1v) is 6.64. The molecule has 1 heterocycles. The van der Waals surface area contributed by atoms with Crippen molar-refractivity contribution in [3.05, 3.63) is 29.6 Å². The van der Waals surface area contributed by atoms with Gasteiger partial charge >= 0.3 is 0 Å². The lowest BCUT2D eigenvalue weighted by Gasteiger charge is -2.55. The van der Waals surface area contributed by atoms with Gasteiger partial charge in [-0.3, -0.25) is 0 Å². The van der Waals surface area contributed by atoms with Crippen LogP contribution in [0, 0.1) is 24.1 Å². The van der Waals surface area contributed by atoms with Crippen molar-refractivity contribution in [3.63, 3.8) is 0 Å². The summed E-state index contributed by atoms with van der Waals surface area (Å²) in [4.78, 5) is 0. The van der Waals surface area contributed by atoms with Gasteiger partial charge in [-0.15, -0.1) is 0 Å². The number of benzene rings is 1. The highest BCUT2D eigenvalue weighted by molar-refractivity contribution is 5.52. The van der Waals surface area contributed by atoms with Crippen molar-refractivity contribution in [2.75, 3.05) is 11.9 Å². The van der Waals surface area contributed by atoms with E-state index in [0.717, 1.165) is 24.3 Å². The van der Waals surface area contributed by atoms with E-state index in [9.17, 15) is 4.39 Å². The lowest BCUT2D eigenvalue weighted by molar-refractivity contribution is -0.0923. The normalized spacial score (nSPS) is 32.8. The summed E-state index contributed by atoms with van der Waals surface area (Å²) in [6, 6.07) is 5.31. The second-order valence-corrected chi connectivity index (χ2v) is 6.15. The maximum atomic E-state index is 13.3. The Morgan fingerprint density at radius 1 is 1.39 bits per heavy atom. The molecule has 0 amide bonds. The van der Waals surface area contributed by atoms with E-state index in [-0.39, 0.29) is 11.2 Å². The molecule has 3 atom stereocenters. The van der Waals surface area contributed by atoms with Gasteiger partial charge in [-0.05, 0) is 31.0 Å². The Morgan fingerprint density at radius 2 is 2.17 bits per heavy atom. The number of nitrogens with one attached hydrogen (secondary N) is 1. The molecule has 2 aliphatic rings. The minimum Gasteiger partial charge on any atom is -0.381 e. The summed E-state index contributed by atoms with van der Waals surface area (Å²) in [5, 5.41) is 3.53. The van der Waals surface area contributed by atoms with Gasteiger partial charge in [0.15, 0.2) is 0 Å². The largest absolute Gasteiger partial charge is 0.381 e. The number of hydrogen-bond donors (Lipinski definition) is 1. The first kappa shape index (κ1) is 12.0. The number of halogens is 1. The van der Waals surface area contributed by atoms with Gasteiger partial charge < -0.3 is 10.1 Å². The van der Waals surface area contributed by atoms with Gasteiger partial charge in [0.2, 0.25) is 0 Å². The third kappa shape index (κ3) is 1.64. The molecule has 1 aromatic carbocycles. The van der Waals surface area contributed by atoms with Crippen LogP contribution in [0.2, 0.25) is 0 Å². The number of ether oxygens (including phenoxy) is 1. The summed E-state index contributed by atoms with van der Waals surface area (Å²) >= 11 is 0. The van der Waals surface area contributed by atoms with E-state index in [2.05, 4.69) is 19.2 Å². The predicted octanol–water partition coefficient (Wildman–Crippen LogP) is 3.36. The molecule has 98 valence electrons. The Bertz CT molecular complexity index is 472. The van der Waals surface area contributed by atoms with Crippen molar-refractivity contribution in [1.29, 1.82) is 0 Å². The van der Waals surface area contributed by atoms with Crippen molar-refractivity contribution >= 4 is 5.69 Å². The van der Waals surface area contributed by atoms with Crippen LogP contribution in [0.25, 0.3) is 0 Å². The van der Waals surface area contributed by atoms with Gasteiger partial charge in [0.25, 0.3) is 0 Å². The maximum Gasteiger partial charge on any atom is 0.125 e. The number of anilines is 1. The molecule has 2 fully saturated rings. The van der Waals surface area contributed by atoms with Crippen LogP contribution in [0.1, 0.15) is 25.8 Å². The molecule has 0 spiro atoms. The van der Waals surface area contributed by atoms with Gasteiger partial charge in [0.05, 0.1) is 6.10 Å². The van der Waals surface area contributed by atoms with Gasteiger partial charge in [-0.25, -0.2) is 4.39 Å². The lowest BCUT2D eigenvalue weighted by atomic mass is 9.57. The average Bonchev–Trinajstić information content (AvgIpc) is 2.77. The van der Waals surface area contributed by atoms with Crippen LogP contribution in [0.4, 0.5) is 10.1 Å². The maximum absolute atomic E-state index is 13.3. The molecule has 3 unspecified atom stereocenters.